The van der Waals surface area contributed by atoms with Crippen molar-refractivity contribution in [1.29, 1.82) is 0 Å². The zero-order valence-electron chi connectivity index (χ0n) is 12.0. The molecule has 1 N–H and O–H groups in total. The molecule has 0 bridgehead atoms. The standard InChI is InChI=1S/C16H19N3OS/c1-12-9-19(10-13-5-3-2-4-6-13)11-14(12)18-16(20)15-7-8-17-21-15/h2-8,12,14H,9-11H2,1H3,(H,18,20). The fraction of sp³-hybridized carbons (Fsp3) is 0.375. The van der Waals surface area contributed by atoms with Gasteiger partial charge in [-0.1, -0.05) is 37.3 Å². The molecular weight excluding hydrogens is 282 g/mol. The largest absolute Gasteiger partial charge is 0.347 e. The minimum Gasteiger partial charge on any atom is -0.347 e. The number of rotatable bonds is 4. The van der Waals surface area contributed by atoms with Crippen LogP contribution in [0.4, 0.5) is 0 Å². The summed E-state index contributed by atoms with van der Waals surface area (Å²) in [6.45, 7) is 5.06. The molecule has 1 aromatic carbocycles. The molecule has 1 aliphatic heterocycles. The average Bonchev–Trinajstić information content (AvgIpc) is 3.11. The monoisotopic (exact) mass is 301 g/mol. The Labute approximate surface area is 129 Å². The third-order valence-electron chi connectivity index (χ3n) is 3.92. The Bertz CT molecular complexity index is 585. The number of nitrogens with zero attached hydrogens (tertiary/aromatic N) is 2. The molecule has 0 saturated carbocycles. The van der Waals surface area contributed by atoms with Crippen molar-refractivity contribution < 1.29 is 4.79 Å². The Kier molecular flexibility index (Phi) is 4.31. The number of carbonyl (C=O) groups is 1. The maximum Gasteiger partial charge on any atom is 0.263 e. The second-order valence-corrected chi connectivity index (χ2v) is 6.45. The topological polar surface area (TPSA) is 45.2 Å². The molecule has 1 amide bonds. The summed E-state index contributed by atoms with van der Waals surface area (Å²) in [5, 5.41) is 3.14. The van der Waals surface area contributed by atoms with Crippen molar-refractivity contribution in [2.24, 2.45) is 5.92 Å². The Hall–Kier alpha value is -1.72. The van der Waals surface area contributed by atoms with Gasteiger partial charge in [0.25, 0.3) is 5.91 Å². The van der Waals surface area contributed by atoms with Crippen molar-refractivity contribution in [1.82, 2.24) is 14.6 Å². The molecule has 0 radical (unpaired) electrons. The molecule has 0 aliphatic carbocycles. The maximum absolute atomic E-state index is 12.1. The van der Waals surface area contributed by atoms with Gasteiger partial charge in [0.2, 0.25) is 0 Å². The summed E-state index contributed by atoms with van der Waals surface area (Å²) in [5.41, 5.74) is 1.32. The highest BCUT2D eigenvalue weighted by Crippen LogP contribution is 2.19. The van der Waals surface area contributed by atoms with Crippen molar-refractivity contribution in [3.63, 3.8) is 0 Å². The molecule has 1 aromatic heterocycles. The highest BCUT2D eigenvalue weighted by atomic mass is 32.1. The van der Waals surface area contributed by atoms with E-state index in [2.05, 4.69) is 45.8 Å². The van der Waals surface area contributed by atoms with Crippen LogP contribution in [0, 0.1) is 5.92 Å². The predicted octanol–water partition coefficient (Wildman–Crippen LogP) is 2.39. The van der Waals surface area contributed by atoms with Crippen molar-refractivity contribution in [2.45, 2.75) is 19.5 Å². The summed E-state index contributed by atoms with van der Waals surface area (Å²) < 4.78 is 3.98. The van der Waals surface area contributed by atoms with Crippen LogP contribution >= 0.6 is 11.5 Å². The molecule has 4 nitrogen and oxygen atoms in total. The van der Waals surface area contributed by atoms with Gasteiger partial charge in [0, 0.05) is 31.9 Å². The lowest BCUT2D eigenvalue weighted by molar-refractivity contribution is 0.0935. The van der Waals surface area contributed by atoms with Crippen LogP contribution in [0.15, 0.2) is 42.6 Å². The van der Waals surface area contributed by atoms with Gasteiger partial charge < -0.3 is 5.32 Å². The fourth-order valence-electron chi connectivity index (χ4n) is 2.80. The van der Waals surface area contributed by atoms with Gasteiger partial charge in [-0.3, -0.25) is 9.69 Å². The summed E-state index contributed by atoms with van der Waals surface area (Å²) in [6.07, 6.45) is 1.67. The van der Waals surface area contributed by atoms with Gasteiger partial charge in [-0.15, -0.1) is 0 Å². The average molecular weight is 301 g/mol. The van der Waals surface area contributed by atoms with Crippen molar-refractivity contribution in [3.05, 3.63) is 53.0 Å². The van der Waals surface area contributed by atoms with Gasteiger partial charge in [-0.05, 0) is 29.1 Å². The summed E-state index contributed by atoms with van der Waals surface area (Å²) in [6, 6.07) is 12.4. The lowest BCUT2D eigenvalue weighted by atomic mass is 10.1. The number of aromatic nitrogens is 1. The molecule has 2 heterocycles. The van der Waals surface area contributed by atoms with Crippen LogP contribution in [0.3, 0.4) is 0 Å². The number of nitrogens with one attached hydrogen (secondary N) is 1. The normalized spacial score (nSPS) is 22.3. The van der Waals surface area contributed by atoms with Crippen molar-refractivity contribution >= 4 is 17.4 Å². The second-order valence-electron chi connectivity index (χ2n) is 5.61. The van der Waals surface area contributed by atoms with E-state index in [9.17, 15) is 4.79 Å². The van der Waals surface area contributed by atoms with E-state index in [1.807, 2.05) is 6.07 Å². The number of carbonyl (C=O) groups excluding carboxylic acids is 1. The van der Waals surface area contributed by atoms with E-state index in [0.29, 0.717) is 10.8 Å². The summed E-state index contributed by atoms with van der Waals surface area (Å²) in [5.74, 6) is 0.460. The van der Waals surface area contributed by atoms with Gasteiger partial charge >= 0.3 is 0 Å². The minimum absolute atomic E-state index is 0.00379. The summed E-state index contributed by atoms with van der Waals surface area (Å²) in [4.78, 5) is 15.2. The fourth-order valence-corrected chi connectivity index (χ4v) is 3.30. The number of amides is 1. The van der Waals surface area contributed by atoms with Crippen LogP contribution < -0.4 is 5.32 Å². The molecule has 1 aliphatic rings. The van der Waals surface area contributed by atoms with Crippen LogP contribution in [0.5, 0.6) is 0 Å². The van der Waals surface area contributed by atoms with E-state index >= 15 is 0 Å². The number of benzene rings is 1. The molecule has 5 heteroatoms. The van der Waals surface area contributed by atoms with Gasteiger partial charge in [0.1, 0.15) is 4.88 Å². The highest BCUT2D eigenvalue weighted by molar-refractivity contribution is 7.08. The first-order valence-corrected chi connectivity index (χ1v) is 7.97. The number of hydrogen-bond acceptors (Lipinski definition) is 4. The SMILES string of the molecule is CC1CN(Cc2ccccc2)CC1NC(=O)c1ccns1. The predicted molar refractivity (Wildman–Crippen MR) is 84.3 cm³/mol. The number of hydrogen-bond donors (Lipinski definition) is 1. The first-order valence-electron chi connectivity index (χ1n) is 7.20. The van der Waals surface area contributed by atoms with E-state index in [1.165, 1.54) is 17.1 Å². The molecule has 2 aromatic rings. The van der Waals surface area contributed by atoms with E-state index in [4.69, 9.17) is 0 Å². The van der Waals surface area contributed by atoms with Gasteiger partial charge in [-0.2, -0.15) is 0 Å². The Morgan fingerprint density at radius 2 is 2.14 bits per heavy atom. The summed E-state index contributed by atoms with van der Waals surface area (Å²) >= 11 is 1.24. The van der Waals surface area contributed by atoms with Crippen LogP contribution in [0.1, 0.15) is 22.2 Å². The molecule has 0 spiro atoms. The van der Waals surface area contributed by atoms with E-state index in [1.54, 1.807) is 12.3 Å². The van der Waals surface area contributed by atoms with Gasteiger partial charge in [0.05, 0.1) is 0 Å². The van der Waals surface area contributed by atoms with Crippen LogP contribution in [0.25, 0.3) is 0 Å². The molecule has 1 fully saturated rings. The minimum atomic E-state index is -0.00379. The Balaban J connectivity index is 1.57. The van der Waals surface area contributed by atoms with Gasteiger partial charge in [0.15, 0.2) is 0 Å². The Morgan fingerprint density at radius 3 is 2.86 bits per heavy atom. The lowest BCUT2D eigenvalue weighted by Crippen LogP contribution is -2.39. The molecule has 2 unspecified atom stereocenters. The quantitative estimate of drug-likeness (QED) is 0.943. The van der Waals surface area contributed by atoms with E-state index in [-0.39, 0.29) is 11.9 Å². The van der Waals surface area contributed by atoms with Crippen molar-refractivity contribution in [2.75, 3.05) is 13.1 Å². The summed E-state index contributed by atoms with van der Waals surface area (Å²) in [7, 11) is 0. The number of likely N-dealkylation sites (tertiary alicyclic amines) is 1. The third kappa shape index (κ3) is 3.49. The van der Waals surface area contributed by atoms with Crippen LogP contribution in [-0.4, -0.2) is 34.3 Å². The molecular formula is C16H19N3OS. The third-order valence-corrected chi connectivity index (χ3v) is 4.66. The van der Waals surface area contributed by atoms with Crippen LogP contribution in [0.2, 0.25) is 0 Å². The highest BCUT2D eigenvalue weighted by Gasteiger charge is 2.30. The second kappa shape index (κ2) is 6.37. The molecule has 110 valence electrons. The zero-order chi connectivity index (χ0) is 14.7. The van der Waals surface area contributed by atoms with Crippen LogP contribution in [-0.2, 0) is 6.54 Å². The molecule has 21 heavy (non-hydrogen) atoms. The molecule has 2 atom stereocenters. The zero-order valence-corrected chi connectivity index (χ0v) is 12.8. The van der Waals surface area contributed by atoms with E-state index < -0.39 is 0 Å². The van der Waals surface area contributed by atoms with Gasteiger partial charge in [-0.25, -0.2) is 4.37 Å². The van der Waals surface area contributed by atoms with E-state index in [0.717, 1.165) is 19.6 Å². The molecule has 3 rings (SSSR count). The van der Waals surface area contributed by atoms with Crippen molar-refractivity contribution in [3.8, 4) is 0 Å². The Morgan fingerprint density at radius 1 is 1.33 bits per heavy atom. The first-order chi connectivity index (χ1) is 10.2. The lowest BCUT2D eigenvalue weighted by Gasteiger charge is -2.17. The maximum atomic E-state index is 12.1. The first kappa shape index (κ1) is 14.2. The molecule has 1 saturated heterocycles. The smallest absolute Gasteiger partial charge is 0.263 e.